The van der Waals surface area contributed by atoms with Crippen molar-refractivity contribution in [1.29, 1.82) is 0 Å². The van der Waals surface area contributed by atoms with Crippen molar-refractivity contribution >= 4 is 22.4 Å². The van der Waals surface area contributed by atoms with Crippen LogP contribution in [0.5, 0.6) is 5.75 Å². The molecule has 2 aromatic rings. The maximum Gasteiger partial charge on any atom is 0.241 e. The lowest BCUT2D eigenvalue weighted by Crippen LogP contribution is -2.32. The van der Waals surface area contributed by atoms with Gasteiger partial charge in [0, 0.05) is 18.2 Å². The van der Waals surface area contributed by atoms with Gasteiger partial charge in [-0.05, 0) is 24.6 Å². The molecule has 0 aromatic heterocycles. The molecule has 2 rings (SSSR count). The number of rotatable bonds is 6. The Morgan fingerprint density at radius 2 is 1.83 bits per heavy atom. The molecule has 5 nitrogen and oxygen atoms in total. The maximum atomic E-state index is 14.0. The Morgan fingerprint density at radius 3 is 2.42 bits per heavy atom. The lowest BCUT2D eigenvalue weighted by Gasteiger charge is -2.15. The zero-order chi connectivity index (χ0) is 17.0. The Balaban J connectivity index is 0.00000288. The lowest BCUT2D eigenvalue weighted by molar-refractivity contribution is 0.384. The van der Waals surface area contributed by atoms with E-state index in [1.54, 1.807) is 0 Å². The molecule has 0 aliphatic heterocycles. The van der Waals surface area contributed by atoms with Gasteiger partial charge in [0.2, 0.25) is 10.0 Å². The van der Waals surface area contributed by atoms with E-state index in [0.29, 0.717) is 0 Å². The van der Waals surface area contributed by atoms with Gasteiger partial charge in [-0.25, -0.2) is 17.5 Å². The number of nitrogens with one attached hydrogen (secondary N) is 1. The van der Waals surface area contributed by atoms with Gasteiger partial charge >= 0.3 is 0 Å². The first-order chi connectivity index (χ1) is 10.9. The molecule has 0 aliphatic carbocycles. The molecule has 0 spiro atoms. The Morgan fingerprint density at radius 1 is 1.21 bits per heavy atom. The molecule has 0 saturated carbocycles. The molecule has 132 valence electrons. The number of benzene rings is 2. The predicted octanol–water partition coefficient (Wildman–Crippen LogP) is 2.54. The van der Waals surface area contributed by atoms with Crippen LogP contribution in [0.2, 0.25) is 0 Å². The highest BCUT2D eigenvalue weighted by molar-refractivity contribution is 7.89. The number of sulfonamides is 1. The van der Waals surface area contributed by atoms with Crippen LogP contribution in [0.25, 0.3) is 0 Å². The third kappa shape index (κ3) is 4.45. The number of nitrogens with two attached hydrogens (primary N) is 1. The molecule has 0 bridgehead atoms. The second-order valence-corrected chi connectivity index (χ2v) is 6.81. The van der Waals surface area contributed by atoms with E-state index in [9.17, 15) is 12.8 Å². The summed E-state index contributed by atoms with van der Waals surface area (Å²) in [4.78, 5) is -0.129. The quantitative estimate of drug-likeness (QED) is 0.814. The van der Waals surface area contributed by atoms with Crippen molar-refractivity contribution in [3.05, 3.63) is 59.4 Å². The highest BCUT2D eigenvalue weighted by Gasteiger charge is 2.22. The van der Waals surface area contributed by atoms with Crippen molar-refractivity contribution in [3.63, 3.8) is 0 Å². The smallest absolute Gasteiger partial charge is 0.241 e. The number of hydrogen-bond donors (Lipinski definition) is 2. The van der Waals surface area contributed by atoms with Gasteiger partial charge in [-0.1, -0.05) is 30.3 Å². The van der Waals surface area contributed by atoms with E-state index in [1.807, 2.05) is 30.3 Å². The van der Waals surface area contributed by atoms with Gasteiger partial charge in [0.1, 0.15) is 0 Å². The fourth-order valence-electron chi connectivity index (χ4n) is 2.19. The largest absolute Gasteiger partial charge is 0.494 e. The second-order valence-electron chi connectivity index (χ2n) is 5.07. The molecular weight excluding hydrogens is 355 g/mol. The summed E-state index contributed by atoms with van der Waals surface area (Å²) in [6, 6.07) is 11.2. The van der Waals surface area contributed by atoms with Crippen molar-refractivity contribution in [2.24, 2.45) is 5.73 Å². The second kappa shape index (κ2) is 8.43. The summed E-state index contributed by atoms with van der Waals surface area (Å²) in [6.45, 7) is 1.41. The molecule has 1 unspecified atom stereocenters. The van der Waals surface area contributed by atoms with Crippen LogP contribution < -0.4 is 15.2 Å². The minimum absolute atomic E-state index is 0. The van der Waals surface area contributed by atoms with Gasteiger partial charge in [-0.15, -0.1) is 12.4 Å². The van der Waals surface area contributed by atoms with E-state index < -0.39 is 21.9 Å². The van der Waals surface area contributed by atoms with Gasteiger partial charge in [0.05, 0.1) is 12.0 Å². The average molecular weight is 375 g/mol. The SMILES string of the molecule is COc1ccc(S(=O)(=O)NCC(N)c2ccccc2)c(C)c1F.Cl. The van der Waals surface area contributed by atoms with Gasteiger partial charge in [0.15, 0.2) is 11.6 Å². The zero-order valence-electron chi connectivity index (χ0n) is 13.3. The Hall–Kier alpha value is -1.67. The number of hydrogen-bond acceptors (Lipinski definition) is 4. The van der Waals surface area contributed by atoms with E-state index in [-0.39, 0.29) is 35.2 Å². The fraction of sp³-hybridized carbons (Fsp3) is 0.250. The molecule has 1 atom stereocenters. The Kier molecular flexibility index (Phi) is 7.16. The van der Waals surface area contributed by atoms with Crippen LogP contribution in [-0.4, -0.2) is 22.1 Å². The molecule has 0 amide bonds. The normalized spacial score (nSPS) is 12.3. The van der Waals surface area contributed by atoms with E-state index in [2.05, 4.69) is 4.72 Å². The van der Waals surface area contributed by atoms with Crippen LogP contribution in [0.4, 0.5) is 4.39 Å². The van der Waals surface area contributed by atoms with Crippen LogP contribution in [0, 0.1) is 12.7 Å². The number of halogens is 2. The first kappa shape index (κ1) is 20.4. The van der Waals surface area contributed by atoms with Gasteiger partial charge in [0.25, 0.3) is 0 Å². The summed E-state index contributed by atoms with van der Waals surface area (Å²) in [7, 11) is -2.54. The minimum Gasteiger partial charge on any atom is -0.494 e. The molecule has 0 aliphatic rings. The van der Waals surface area contributed by atoms with Crippen LogP contribution in [0.3, 0.4) is 0 Å². The molecule has 0 saturated heterocycles. The summed E-state index contributed by atoms with van der Waals surface area (Å²) in [5.74, 6) is -0.690. The van der Waals surface area contributed by atoms with Crippen molar-refractivity contribution < 1.29 is 17.5 Å². The molecule has 24 heavy (non-hydrogen) atoms. The molecular formula is C16H20ClFN2O3S. The van der Waals surface area contributed by atoms with Crippen LogP contribution >= 0.6 is 12.4 Å². The molecule has 0 fully saturated rings. The first-order valence-corrected chi connectivity index (χ1v) is 8.48. The predicted molar refractivity (Wildman–Crippen MR) is 93.5 cm³/mol. The fourth-order valence-corrected chi connectivity index (χ4v) is 3.48. The standard InChI is InChI=1S/C16H19FN2O3S.ClH/c1-11-15(9-8-14(22-2)16(11)17)23(20,21)19-10-13(18)12-6-4-3-5-7-12;/h3-9,13,19H,10,18H2,1-2H3;1H. The molecule has 0 radical (unpaired) electrons. The van der Waals surface area contributed by atoms with Crippen molar-refractivity contribution in [2.75, 3.05) is 13.7 Å². The van der Waals surface area contributed by atoms with Crippen LogP contribution in [0.15, 0.2) is 47.4 Å². The van der Waals surface area contributed by atoms with Crippen LogP contribution in [0.1, 0.15) is 17.2 Å². The summed E-state index contributed by atoms with van der Waals surface area (Å²) < 4.78 is 46.0. The summed E-state index contributed by atoms with van der Waals surface area (Å²) in [5, 5.41) is 0. The third-order valence-electron chi connectivity index (χ3n) is 3.53. The lowest BCUT2D eigenvalue weighted by atomic mass is 10.1. The van der Waals surface area contributed by atoms with Gasteiger partial charge < -0.3 is 10.5 Å². The van der Waals surface area contributed by atoms with Crippen molar-refractivity contribution in [1.82, 2.24) is 4.72 Å². The summed E-state index contributed by atoms with van der Waals surface area (Å²) in [5.41, 5.74) is 6.79. The molecule has 2 aromatic carbocycles. The number of ether oxygens (including phenoxy) is 1. The monoisotopic (exact) mass is 374 g/mol. The van der Waals surface area contributed by atoms with E-state index >= 15 is 0 Å². The Labute approximate surface area is 147 Å². The van der Waals surface area contributed by atoms with Crippen molar-refractivity contribution in [3.8, 4) is 5.75 Å². The average Bonchev–Trinajstić information content (AvgIpc) is 2.55. The number of methoxy groups -OCH3 is 1. The zero-order valence-corrected chi connectivity index (χ0v) is 15.0. The molecule has 3 N–H and O–H groups in total. The van der Waals surface area contributed by atoms with Crippen molar-refractivity contribution in [2.45, 2.75) is 17.9 Å². The molecule has 0 heterocycles. The molecule has 8 heteroatoms. The third-order valence-corrected chi connectivity index (χ3v) is 5.10. The highest BCUT2D eigenvalue weighted by Crippen LogP contribution is 2.26. The summed E-state index contributed by atoms with van der Waals surface area (Å²) >= 11 is 0. The van der Waals surface area contributed by atoms with E-state index in [0.717, 1.165) is 5.56 Å². The van der Waals surface area contributed by atoms with Gasteiger partial charge in [-0.2, -0.15) is 0 Å². The van der Waals surface area contributed by atoms with E-state index in [1.165, 1.54) is 26.2 Å². The minimum atomic E-state index is -3.87. The Bertz CT molecular complexity index is 785. The van der Waals surface area contributed by atoms with E-state index in [4.69, 9.17) is 10.5 Å². The highest BCUT2D eigenvalue weighted by atomic mass is 35.5. The van der Waals surface area contributed by atoms with Crippen LogP contribution in [-0.2, 0) is 10.0 Å². The summed E-state index contributed by atoms with van der Waals surface area (Å²) in [6.07, 6.45) is 0. The topological polar surface area (TPSA) is 81.4 Å². The first-order valence-electron chi connectivity index (χ1n) is 7.00. The maximum absolute atomic E-state index is 14.0. The van der Waals surface area contributed by atoms with Gasteiger partial charge in [-0.3, -0.25) is 0 Å².